The van der Waals surface area contributed by atoms with Gasteiger partial charge < -0.3 is 24.6 Å². The second-order valence-electron chi connectivity index (χ2n) is 13.7. The summed E-state index contributed by atoms with van der Waals surface area (Å²) in [6, 6.07) is 10.5. The van der Waals surface area contributed by atoms with Gasteiger partial charge in [-0.3, -0.25) is 9.59 Å². The van der Waals surface area contributed by atoms with E-state index in [1.165, 1.54) is 29.7 Å². The fourth-order valence-corrected chi connectivity index (χ4v) is 6.50. The molecule has 2 aliphatic heterocycles. The number of quaternary nitrogens is 1. The molecule has 3 aliphatic rings. The van der Waals surface area contributed by atoms with Crippen molar-refractivity contribution in [1.29, 1.82) is 0 Å². The summed E-state index contributed by atoms with van der Waals surface area (Å²) in [5.41, 5.74) is 6.13. The van der Waals surface area contributed by atoms with Crippen LogP contribution in [0.2, 0.25) is 0 Å². The third-order valence-corrected chi connectivity index (χ3v) is 12.9. The fraction of sp³-hybridized carbons (Fsp3) is 0.588. The van der Waals surface area contributed by atoms with Crippen LogP contribution in [0, 0.1) is 0 Å². The van der Waals surface area contributed by atoms with E-state index in [0.717, 1.165) is 61.9 Å². The molecule has 0 unspecified atom stereocenters. The summed E-state index contributed by atoms with van der Waals surface area (Å²) in [5, 5.41) is 9.92. The van der Waals surface area contributed by atoms with Crippen molar-refractivity contribution in [2.75, 3.05) is 51.8 Å². The zero-order valence-corrected chi connectivity index (χ0v) is 28.1. The number of hydrogen-bond donors (Lipinski definition) is 3. The predicted molar refractivity (Wildman–Crippen MR) is 181 cm³/mol. The Bertz CT molecular complexity index is 1240. The van der Waals surface area contributed by atoms with E-state index < -0.39 is 10.3 Å². The van der Waals surface area contributed by atoms with Gasteiger partial charge in [-0.15, -0.1) is 16.3 Å². The van der Waals surface area contributed by atoms with Crippen LogP contribution in [-0.4, -0.2) is 80.2 Å². The molecule has 4 rings (SSSR count). The number of amides is 2. The lowest BCUT2D eigenvalue weighted by Crippen LogP contribution is -2.56. The van der Waals surface area contributed by atoms with Crippen molar-refractivity contribution in [3.8, 4) is 0 Å². The Kier molecular flexibility index (Phi) is 11.3. The molecule has 1 aliphatic carbocycles. The number of hydrogen-bond acceptors (Lipinski definition) is 4. The molecule has 9 heteroatoms. The van der Waals surface area contributed by atoms with Crippen LogP contribution in [0.1, 0.15) is 71.8 Å². The number of carbonyl (C=O) groups is 2. The topological polar surface area (TPSA) is 79.5 Å². The van der Waals surface area contributed by atoms with Crippen molar-refractivity contribution in [3.05, 3.63) is 69.9 Å². The van der Waals surface area contributed by atoms with Gasteiger partial charge >= 0.3 is 0 Å². The van der Waals surface area contributed by atoms with E-state index in [4.69, 9.17) is 4.18 Å². The molecule has 0 spiro atoms. The Morgan fingerprint density at radius 2 is 1.65 bits per heavy atom. The summed E-state index contributed by atoms with van der Waals surface area (Å²) in [6.45, 7) is 13.5. The zero-order chi connectivity index (χ0) is 31.1. The Morgan fingerprint density at radius 1 is 0.977 bits per heavy atom. The highest BCUT2D eigenvalue weighted by Crippen LogP contribution is 2.53. The van der Waals surface area contributed by atoms with E-state index >= 15 is 0 Å². The van der Waals surface area contributed by atoms with Gasteiger partial charge in [-0.25, -0.2) is 0 Å². The molecule has 7 nitrogen and oxygen atoms in total. The largest absolute Gasteiger partial charge is 0.380 e. The van der Waals surface area contributed by atoms with Gasteiger partial charge in [-0.1, -0.05) is 51.1 Å². The molecular weight excluding hydrogens is 555 g/mol. The maximum Gasteiger partial charge on any atom is 0.279 e. The molecule has 1 aromatic carbocycles. The smallest absolute Gasteiger partial charge is 0.279 e. The second-order valence-corrected chi connectivity index (χ2v) is 17.6. The molecule has 1 saturated heterocycles. The van der Waals surface area contributed by atoms with E-state index in [-0.39, 0.29) is 16.6 Å². The number of allylic oxidation sites excluding steroid dienone is 2. The minimum absolute atomic E-state index is 0.0210. The standard InChI is InChI=1S/C34H52BN4O3S/c1-26-22-35-31(33(41)36-18-21-42-43(5,6)34(2,3)4)32(26)38-30(40)25-39(19-12-7-8-13-20-39)24-29(28-16-17-28)37-23-27-14-10-9-11-15-27/h9-11,14-15,22,37H,7-8,12-13,16-21,23-25H2,1-6H3,(H-,36,38,40,41)/p+1. The van der Waals surface area contributed by atoms with Crippen LogP contribution in [-0.2, 0) is 20.3 Å². The van der Waals surface area contributed by atoms with Gasteiger partial charge in [0, 0.05) is 29.0 Å². The first-order valence-electron chi connectivity index (χ1n) is 15.9. The van der Waals surface area contributed by atoms with Crippen LogP contribution in [0.15, 0.2) is 64.3 Å². The first kappa shape index (κ1) is 33.4. The van der Waals surface area contributed by atoms with Crippen molar-refractivity contribution in [2.45, 2.75) is 77.5 Å². The highest BCUT2D eigenvalue weighted by Gasteiger charge is 2.36. The molecule has 2 fully saturated rings. The van der Waals surface area contributed by atoms with Crippen LogP contribution >= 0.6 is 10.3 Å². The van der Waals surface area contributed by atoms with Crippen LogP contribution in [0.4, 0.5) is 0 Å². The molecule has 1 saturated carbocycles. The van der Waals surface area contributed by atoms with Crippen molar-refractivity contribution >= 4 is 29.4 Å². The average Bonchev–Trinajstić information content (AvgIpc) is 3.77. The predicted octanol–water partition coefficient (Wildman–Crippen LogP) is 5.07. The molecule has 43 heavy (non-hydrogen) atoms. The lowest BCUT2D eigenvalue weighted by Gasteiger charge is -2.43. The molecule has 0 atom stereocenters. The highest BCUT2D eigenvalue weighted by molar-refractivity contribution is 8.29. The summed E-state index contributed by atoms with van der Waals surface area (Å²) < 4.78 is 7.00. The summed E-state index contributed by atoms with van der Waals surface area (Å²) in [4.78, 5) is 26.9. The summed E-state index contributed by atoms with van der Waals surface area (Å²) in [6.07, 6.45) is 11.3. The van der Waals surface area contributed by atoms with Gasteiger partial charge in [-0.05, 0) is 74.7 Å². The lowest BCUT2D eigenvalue weighted by atomic mass is 9.72. The first-order chi connectivity index (χ1) is 20.4. The number of nitrogens with one attached hydrogen (secondary N) is 3. The van der Waals surface area contributed by atoms with Crippen LogP contribution < -0.4 is 16.0 Å². The minimum Gasteiger partial charge on any atom is -0.380 e. The van der Waals surface area contributed by atoms with Gasteiger partial charge in [-0.2, -0.15) is 0 Å². The average molecular weight is 609 g/mol. The monoisotopic (exact) mass is 608 g/mol. The third kappa shape index (κ3) is 9.50. The molecular formula is C34H53BN4O3S+. The Balaban J connectivity index is 1.40. The number of benzene rings is 1. The Hall–Kier alpha value is -2.49. The number of nitrogens with zero attached hydrogens (tertiary/aromatic N) is 1. The highest BCUT2D eigenvalue weighted by atomic mass is 32.3. The molecule has 2 heterocycles. The molecule has 0 bridgehead atoms. The molecule has 235 valence electrons. The quantitative estimate of drug-likeness (QED) is 0.166. The molecule has 1 radical (unpaired) electrons. The van der Waals surface area contributed by atoms with E-state index in [9.17, 15) is 9.59 Å². The van der Waals surface area contributed by atoms with Crippen LogP contribution in [0.25, 0.3) is 0 Å². The molecule has 3 N–H and O–H groups in total. The van der Waals surface area contributed by atoms with Crippen molar-refractivity contribution in [2.24, 2.45) is 0 Å². The van der Waals surface area contributed by atoms with Crippen LogP contribution in [0.3, 0.4) is 0 Å². The molecule has 2 amide bonds. The van der Waals surface area contributed by atoms with Gasteiger partial charge in [0.1, 0.15) is 6.54 Å². The summed E-state index contributed by atoms with van der Waals surface area (Å²) in [7, 11) is 0.561. The Morgan fingerprint density at radius 3 is 2.28 bits per heavy atom. The second kappa shape index (κ2) is 14.5. The zero-order valence-electron chi connectivity index (χ0n) is 27.3. The Labute approximate surface area is 262 Å². The number of carbonyl (C=O) groups excluding carboxylic acids is 2. The van der Waals surface area contributed by atoms with E-state index in [0.29, 0.717) is 30.9 Å². The van der Waals surface area contributed by atoms with Crippen LogP contribution in [0.5, 0.6) is 0 Å². The fourth-order valence-electron chi connectivity index (χ4n) is 5.64. The molecule has 1 aromatic rings. The van der Waals surface area contributed by atoms with Gasteiger partial charge in [0.05, 0.1) is 25.4 Å². The normalized spacial score (nSPS) is 18.7. The SMILES string of the molecule is CC1=C[B]C(C(=O)NCCOS(C)(C)C(C)(C)C)=C1NC(=O)C[N+]1(CC(NCc2ccccc2)=C2CC2)CCCCCC1. The van der Waals surface area contributed by atoms with Crippen molar-refractivity contribution in [1.82, 2.24) is 16.0 Å². The maximum absolute atomic E-state index is 13.7. The van der Waals surface area contributed by atoms with E-state index in [1.807, 2.05) is 26.2 Å². The number of likely N-dealkylation sites (tertiary alicyclic amines) is 1. The lowest BCUT2D eigenvalue weighted by molar-refractivity contribution is -0.916. The summed E-state index contributed by atoms with van der Waals surface area (Å²) in [5.74, 6) is 1.71. The minimum atomic E-state index is -1.25. The van der Waals surface area contributed by atoms with Gasteiger partial charge in [0.15, 0.2) is 13.8 Å². The van der Waals surface area contributed by atoms with Crippen molar-refractivity contribution in [3.63, 3.8) is 0 Å². The first-order valence-corrected chi connectivity index (χ1v) is 18.3. The van der Waals surface area contributed by atoms with E-state index in [2.05, 4.69) is 73.5 Å². The maximum atomic E-state index is 13.7. The number of rotatable bonds is 13. The summed E-state index contributed by atoms with van der Waals surface area (Å²) >= 11 is 0. The van der Waals surface area contributed by atoms with Gasteiger partial charge in [0.2, 0.25) is 5.91 Å². The third-order valence-electron chi connectivity index (χ3n) is 9.18. The van der Waals surface area contributed by atoms with Crippen molar-refractivity contribution < 1.29 is 18.3 Å². The van der Waals surface area contributed by atoms with Gasteiger partial charge in [0.25, 0.3) is 5.91 Å². The van der Waals surface area contributed by atoms with E-state index in [1.54, 1.807) is 0 Å². The molecule has 0 aromatic heterocycles.